The van der Waals surface area contributed by atoms with Gasteiger partial charge in [-0.15, -0.1) is 0 Å². The van der Waals surface area contributed by atoms with E-state index in [9.17, 15) is 5.11 Å². The topological polar surface area (TPSA) is 46.1 Å². The third kappa shape index (κ3) is 5.01. The van der Waals surface area contributed by atoms with Gasteiger partial charge in [-0.25, -0.2) is 0 Å². The highest BCUT2D eigenvalue weighted by Crippen LogP contribution is 2.28. The molecule has 0 amide bonds. The number of hydrogen-bond donors (Lipinski definition) is 2. The Balaban J connectivity index is 1.79. The Bertz CT molecular complexity index is 415. The maximum atomic E-state index is 10.1. The summed E-state index contributed by atoms with van der Waals surface area (Å²) >= 11 is 0. The summed E-state index contributed by atoms with van der Waals surface area (Å²) in [5.74, 6) is 1.41. The first-order valence-electron chi connectivity index (χ1n) is 8.43. The van der Waals surface area contributed by atoms with Gasteiger partial charge >= 0.3 is 0 Å². The molecule has 118 valence electrons. The lowest BCUT2D eigenvalue weighted by atomic mass is 9.98. The van der Waals surface area contributed by atoms with Crippen LogP contribution in [-0.2, 0) is 0 Å². The van der Waals surface area contributed by atoms with Crippen molar-refractivity contribution in [1.29, 1.82) is 0 Å². The maximum absolute atomic E-state index is 10.1. The van der Waals surface area contributed by atoms with Crippen molar-refractivity contribution in [1.82, 2.24) is 0 Å². The second kappa shape index (κ2) is 8.40. The molecule has 2 rings (SSSR count). The zero-order valence-corrected chi connectivity index (χ0v) is 13.4. The van der Waals surface area contributed by atoms with Gasteiger partial charge in [0.05, 0.1) is 6.04 Å². The van der Waals surface area contributed by atoms with E-state index in [-0.39, 0.29) is 0 Å². The van der Waals surface area contributed by atoms with Crippen molar-refractivity contribution in [2.45, 2.75) is 64.0 Å². The second-order valence-corrected chi connectivity index (χ2v) is 6.33. The molecule has 1 aliphatic rings. The molecule has 1 aromatic carbocycles. The molecule has 1 aliphatic carbocycles. The highest BCUT2D eigenvalue weighted by atomic mass is 16.5. The van der Waals surface area contributed by atoms with Crippen LogP contribution in [0.4, 0.5) is 0 Å². The van der Waals surface area contributed by atoms with Gasteiger partial charge in [0.2, 0.25) is 0 Å². The highest BCUT2D eigenvalue weighted by Gasteiger charge is 2.19. The van der Waals surface area contributed by atoms with Gasteiger partial charge in [0.25, 0.3) is 0 Å². The fourth-order valence-corrected chi connectivity index (χ4v) is 3.04. The minimum absolute atomic E-state index is 0.386. The number of ether oxygens (including phenoxy) is 1. The van der Waals surface area contributed by atoms with Crippen LogP contribution >= 0.6 is 0 Å². The van der Waals surface area contributed by atoms with Crippen molar-refractivity contribution >= 4 is 0 Å². The molecule has 2 atom stereocenters. The molecule has 3 nitrogen and oxygen atoms in total. The molecular formula is C18H30NO2+. The third-order valence-corrected chi connectivity index (χ3v) is 4.63. The number of rotatable bonds is 8. The van der Waals surface area contributed by atoms with Crippen molar-refractivity contribution in [3.05, 3.63) is 29.8 Å². The van der Waals surface area contributed by atoms with E-state index in [1.165, 1.54) is 31.2 Å². The fourth-order valence-electron chi connectivity index (χ4n) is 3.04. The molecule has 0 radical (unpaired) electrons. The van der Waals surface area contributed by atoms with Crippen LogP contribution in [0.25, 0.3) is 0 Å². The van der Waals surface area contributed by atoms with Gasteiger partial charge in [-0.3, -0.25) is 0 Å². The number of aliphatic hydroxyl groups is 1. The molecule has 1 aromatic rings. The van der Waals surface area contributed by atoms with Crippen molar-refractivity contribution in [2.75, 3.05) is 13.2 Å². The van der Waals surface area contributed by atoms with Gasteiger partial charge in [-0.1, -0.05) is 32.0 Å². The van der Waals surface area contributed by atoms with Crippen LogP contribution in [0.3, 0.4) is 0 Å². The molecule has 0 unspecified atom stereocenters. The SMILES string of the molecule is CC[C@H](C)c1ccccc1OC[C@@H](O)C[NH2+]C1CCCC1. The number of aliphatic hydroxyl groups excluding tert-OH is 1. The Morgan fingerprint density at radius 3 is 2.71 bits per heavy atom. The Hall–Kier alpha value is -1.06. The first-order valence-corrected chi connectivity index (χ1v) is 8.43. The molecule has 0 bridgehead atoms. The lowest BCUT2D eigenvalue weighted by Crippen LogP contribution is -2.91. The summed E-state index contributed by atoms with van der Waals surface area (Å²) in [4.78, 5) is 0. The molecular weight excluding hydrogens is 262 g/mol. The molecule has 0 heterocycles. The average molecular weight is 292 g/mol. The summed E-state index contributed by atoms with van der Waals surface area (Å²) in [5, 5.41) is 12.4. The van der Waals surface area contributed by atoms with E-state index >= 15 is 0 Å². The molecule has 0 spiro atoms. The van der Waals surface area contributed by atoms with E-state index in [4.69, 9.17) is 4.74 Å². The number of quaternary nitrogens is 1. The Kier molecular flexibility index (Phi) is 6.52. The van der Waals surface area contributed by atoms with E-state index in [1.807, 2.05) is 12.1 Å². The van der Waals surface area contributed by atoms with Crippen molar-refractivity contribution in [2.24, 2.45) is 0 Å². The van der Waals surface area contributed by atoms with Crippen LogP contribution in [0.15, 0.2) is 24.3 Å². The number of para-hydroxylation sites is 1. The first kappa shape index (κ1) is 16.3. The van der Waals surface area contributed by atoms with Crippen molar-refractivity contribution in [3.8, 4) is 5.75 Å². The lowest BCUT2D eigenvalue weighted by molar-refractivity contribution is -0.693. The molecule has 0 saturated heterocycles. The second-order valence-electron chi connectivity index (χ2n) is 6.33. The highest BCUT2D eigenvalue weighted by molar-refractivity contribution is 5.35. The molecule has 1 fully saturated rings. The standard InChI is InChI=1S/C18H29NO2/c1-3-14(2)17-10-6-7-11-18(17)21-13-16(20)12-19-15-8-4-5-9-15/h6-7,10-11,14-16,19-20H,3-5,8-9,12-13H2,1-2H3/p+1/t14-,16-/m0/s1. The molecule has 0 aromatic heterocycles. The van der Waals surface area contributed by atoms with Gasteiger partial charge in [0, 0.05) is 0 Å². The maximum Gasteiger partial charge on any atom is 0.137 e. The van der Waals surface area contributed by atoms with Crippen LogP contribution in [0.5, 0.6) is 5.75 Å². The zero-order valence-electron chi connectivity index (χ0n) is 13.4. The predicted octanol–water partition coefficient (Wildman–Crippen LogP) is 2.45. The number of benzene rings is 1. The minimum atomic E-state index is -0.393. The number of hydrogen-bond acceptors (Lipinski definition) is 2. The Morgan fingerprint density at radius 1 is 1.29 bits per heavy atom. The van der Waals surface area contributed by atoms with E-state index in [1.54, 1.807) is 0 Å². The smallest absolute Gasteiger partial charge is 0.137 e. The van der Waals surface area contributed by atoms with Gasteiger partial charge in [0.1, 0.15) is 25.0 Å². The monoisotopic (exact) mass is 292 g/mol. The summed E-state index contributed by atoms with van der Waals surface area (Å²) in [6.07, 6.45) is 5.98. The Morgan fingerprint density at radius 2 is 2.00 bits per heavy atom. The normalized spacial score (nSPS) is 18.6. The van der Waals surface area contributed by atoms with Crippen molar-refractivity contribution in [3.63, 3.8) is 0 Å². The van der Waals surface area contributed by atoms with Crippen LogP contribution in [0, 0.1) is 0 Å². The summed E-state index contributed by atoms with van der Waals surface area (Å²) in [5.41, 5.74) is 1.24. The molecule has 3 N–H and O–H groups in total. The van der Waals surface area contributed by atoms with Gasteiger partial charge < -0.3 is 15.2 Å². The molecule has 21 heavy (non-hydrogen) atoms. The Labute approximate surface area is 128 Å². The van der Waals surface area contributed by atoms with Gasteiger partial charge in [-0.2, -0.15) is 0 Å². The van der Waals surface area contributed by atoms with Crippen LogP contribution < -0.4 is 10.1 Å². The van der Waals surface area contributed by atoms with E-state index in [0.717, 1.165) is 18.7 Å². The van der Waals surface area contributed by atoms with Gasteiger partial charge in [0.15, 0.2) is 0 Å². The molecule has 0 aliphatic heterocycles. The molecule has 1 saturated carbocycles. The summed E-state index contributed by atoms with van der Waals surface area (Å²) in [6.45, 7) is 5.53. The van der Waals surface area contributed by atoms with E-state index in [2.05, 4.69) is 31.3 Å². The lowest BCUT2D eigenvalue weighted by Gasteiger charge is -2.18. The van der Waals surface area contributed by atoms with E-state index < -0.39 is 6.10 Å². The summed E-state index contributed by atoms with van der Waals surface area (Å²) < 4.78 is 5.87. The van der Waals surface area contributed by atoms with Gasteiger partial charge in [-0.05, 0) is 49.7 Å². The van der Waals surface area contributed by atoms with E-state index in [0.29, 0.717) is 18.6 Å². The first-order chi connectivity index (χ1) is 10.2. The molecule has 3 heteroatoms. The third-order valence-electron chi connectivity index (χ3n) is 4.63. The zero-order chi connectivity index (χ0) is 15.1. The summed E-state index contributed by atoms with van der Waals surface area (Å²) in [7, 11) is 0. The van der Waals surface area contributed by atoms with Crippen LogP contribution in [-0.4, -0.2) is 30.4 Å². The van der Waals surface area contributed by atoms with Crippen LogP contribution in [0.2, 0.25) is 0 Å². The minimum Gasteiger partial charge on any atom is -0.490 e. The predicted molar refractivity (Wildman–Crippen MR) is 85.7 cm³/mol. The average Bonchev–Trinajstić information content (AvgIpc) is 3.04. The summed E-state index contributed by atoms with van der Waals surface area (Å²) in [6, 6.07) is 8.90. The number of nitrogens with two attached hydrogens (primary N) is 1. The quantitative estimate of drug-likeness (QED) is 0.773. The largest absolute Gasteiger partial charge is 0.490 e. The van der Waals surface area contributed by atoms with Crippen LogP contribution in [0.1, 0.15) is 57.4 Å². The fraction of sp³-hybridized carbons (Fsp3) is 0.667. The van der Waals surface area contributed by atoms with Crippen molar-refractivity contribution < 1.29 is 15.2 Å².